The molecule has 0 radical (unpaired) electrons. The molecule has 0 heterocycles. The van der Waals surface area contributed by atoms with Gasteiger partial charge in [-0.1, -0.05) is 29.7 Å². The Morgan fingerprint density at radius 1 is 0.625 bits per heavy atom. The molecule has 3 aromatic carbocycles. The molecule has 6 heteroatoms. The lowest BCUT2D eigenvalue weighted by atomic mass is 10.1. The summed E-state index contributed by atoms with van der Waals surface area (Å²) in [6, 6.07) is 16.4. The number of benzene rings is 3. The number of nitrogens with two attached hydrogens (primary N) is 2. The smallest absolute Gasteiger partial charge is 0.148 e. The Balaban J connectivity index is 1.43. The van der Waals surface area contributed by atoms with Crippen molar-refractivity contribution in [3.8, 4) is 35.2 Å². The van der Waals surface area contributed by atoms with E-state index < -0.39 is 0 Å². The number of ether oxygens (including phenoxy) is 2. The van der Waals surface area contributed by atoms with Crippen LogP contribution in [0.5, 0.6) is 11.5 Å². The molecular formula is C34H34I2N2O2. The van der Waals surface area contributed by atoms with Crippen LogP contribution in [0.25, 0.3) is 0 Å². The molecule has 0 bridgehead atoms. The van der Waals surface area contributed by atoms with E-state index in [9.17, 15) is 0 Å². The Morgan fingerprint density at radius 2 is 1.05 bits per heavy atom. The van der Waals surface area contributed by atoms with Crippen LogP contribution < -0.4 is 20.9 Å². The van der Waals surface area contributed by atoms with Crippen molar-refractivity contribution in [1.29, 1.82) is 0 Å². The van der Waals surface area contributed by atoms with E-state index >= 15 is 0 Å². The van der Waals surface area contributed by atoms with Crippen molar-refractivity contribution in [3.63, 3.8) is 0 Å². The van der Waals surface area contributed by atoms with Crippen molar-refractivity contribution in [2.45, 2.75) is 76.7 Å². The van der Waals surface area contributed by atoms with Crippen LogP contribution in [0.1, 0.15) is 84.7 Å². The molecule has 2 aliphatic carbocycles. The molecule has 0 spiro atoms. The lowest BCUT2D eigenvalue weighted by Crippen LogP contribution is -2.13. The summed E-state index contributed by atoms with van der Waals surface area (Å²) < 4.78 is 15.0. The first kappa shape index (κ1) is 29.3. The molecule has 2 saturated carbocycles. The Bertz CT molecular complexity index is 1370. The Morgan fingerprint density at radius 3 is 1.45 bits per heavy atom. The zero-order chi connectivity index (χ0) is 27.9. The normalized spacial score (nSPS) is 15.3. The monoisotopic (exact) mass is 756 g/mol. The summed E-state index contributed by atoms with van der Waals surface area (Å²) in [5.41, 5.74) is 17.6. The molecule has 0 aliphatic heterocycles. The van der Waals surface area contributed by atoms with Gasteiger partial charge in [0.2, 0.25) is 0 Å². The van der Waals surface area contributed by atoms with E-state index in [4.69, 9.17) is 20.9 Å². The molecule has 0 aromatic heterocycles. The predicted octanol–water partition coefficient (Wildman–Crippen LogP) is 7.26. The van der Waals surface area contributed by atoms with Gasteiger partial charge in [-0.2, -0.15) is 0 Å². The number of rotatable bonds is 6. The second-order valence-electron chi connectivity index (χ2n) is 10.4. The SMILES string of the molecule is NCc1cc(I)c(OC2CCCC2)c(C#Cc2cccc(C#Cc3cc(CN)cc(I)c3OC3CCCC3)c2)c1. The van der Waals surface area contributed by atoms with E-state index in [0.717, 1.165) is 77.7 Å². The van der Waals surface area contributed by atoms with Crippen molar-refractivity contribution in [1.82, 2.24) is 0 Å². The second-order valence-corrected chi connectivity index (χ2v) is 12.8. The van der Waals surface area contributed by atoms with Gasteiger partial charge in [0.15, 0.2) is 0 Å². The van der Waals surface area contributed by atoms with Gasteiger partial charge in [0.25, 0.3) is 0 Å². The first-order chi connectivity index (χ1) is 19.5. The molecule has 0 saturated heterocycles. The van der Waals surface area contributed by atoms with Crippen molar-refractivity contribution < 1.29 is 9.47 Å². The van der Waals surface area contributed by atoms with Crippen LogP contribution in [0.3, 0.4) is 0 Å². The lowest BCUT2D eigenvalue weighted by Gasteiger charge is -2.17. The van der Waals surface area contributed by atoms with Crippen LogP contribution in [-0.4, -0.2) is 12.2 Å². The standard InChI is InChI=1S/C34H34I2N2O2/c35-31-19-25(21-37)17-27(33(31)39-29-8-1-2-9-29)14-12-23-6-5-7-24(16-23)13-15-28-18-26(22-38)20-32(36)34(28)40-30-10-3-4-11-30/h5-7,16-20,29-30H,1-4,8-11,21-22,37-38H2. The molecule has 3 aromatic rings. The molecule has 40 heavy (non-hydrogen) atoms. The van der Waals surface area contributed by atoms with Gasteiger partial charge in [-0.15, -0.1) is 0 Å². The van der Waals surface area contributed by atoms with Crippen molar-refractivity contribution in [2.75, 3.05) is 0 Å². The largest absolute Gasteiger partial charge is 0.488 e. The minimum absolute atomic E-state index is 0.264. The average molecular weight is 756 g/mol. The van der Waals surface area contributed by atoms with Gasteiger partial charge in [0.05, 0.1) is 30.5 Å². The molecule has 4 N–H and O–H groups in total. The molecule has 0 amide bonds. The average Bonchev–Trinajstić information content (AvgIpc) is 3.68. The van der Waals surface area contributed by atoms with Gasteiger partial charge in [-0.25, -0.2) is 0 Å². The van der Waals surface area contributed by atoms with E-state index in [1.165, 1.54) is 25.7 Å². The van der Waals surface area contributed by atoms with Gasteiger partial charge in [0, 0.05) is 24.2 Å². The third kappa shape index (κ3) is 7.53. The van der Waals surface area contributed by atoms with Crippen LogP contribution in [0.2, 0.25) is 0 Å². The first-order valence-corrected chi connectivity index (χ1v) is 16.2. The Kier molecular flexibility index (Phi) is 10.3. The van der Waals surface area contributed by atoms with Crippen LogP contribution in [0.15, 0.2) is 48.5 Å². The maximum absolute atomic E-state index is 6.43. The molecule has 5 rings (SSSR count). The number of hydrogen-bond donors (Lipinski definition) is 2. The van der Waals surface area contributed by atoms with E-state index in [2.05, 4.69) is 93.1 Å². The van der Waals surface area contributed by atoms with E-state index in [-0.39, 0.29) is 12.2 Å². The fourth-order valence-electron chi connectivity index (χ4n) is 5.26. The highest BCUT2D eigenvalue weighted by Crippen LogP contribution is 2.33. The van der Waals surface area contributed by atoms with Crippen molar-refractivity contribution in [3.05, 3.63) is 89.1 Å². The molecular weight excluding hydrogens is 722 g/mol. The lowest BCUT2D eigenvalue weighted by molar-refractivity contribution is 0.207. The number of hydrogen-bond acceptors (Lipinski definition) is 4. The minimum atomic E-state index is 0.264. The van der Waals surface area contributed by atoms with Crippen LogP contribution in [0, 0.1) is 30.8 Å². The third-order valence-corrected chi connectivity index (χ3v) is 9.00. The Labute approximate surface area is 265 Å². The topological polar surface area (TPSA) is 70.5 Å². The fourth-order valence-corrected chi connectivity index (χ4v) is 6.89. The zero-order valence-electron chi connectivity index (χ0n) is 22.6. The summed E-state index contributed by atoms with van der Waals surface area (Å²) >= 11 is 4.67. The molecule has 206 valence electrons. The summed E-state index contributed by atoms with van der Waals surface area (Å²) in [5, 5.41) is 0. The first-order valence-electron chi connectivity index (χ1n) is 14.0. The highest BCUT2D eigenvalue weighted by atomic mass is 127. The van der Waals surface area contributed by atoms with Gasteiger partial charge in [-0.05, 0) is 150 Å². The molecule has 2 fully saturated rings. The Hall–Kier alpha value is -2.24. The fraction of sp³-hybridized carbons (Fsp3) is 0.353. The maximum atomic E-state index is 6.43. The molecule has 0 atom stereocenters. The van der Waals surface area contributed by atoms with E-state index in [1.807, 2.05) is 24.3 Å². The zero-order valence-corrected chi connectivity index (χ0v) is 26.9. The van der Waals surface area contributed by atoms with Gasteiger partial charge in [-0.3, -0.25) is 0 Å². The van der Waals surface area contributed by atoms with Crippen LogP contribution in [0.4, 0.5) is 0 Å². The van der Waals surface area contributed by atoms with E-state index in [0.29, 0.717) is 13.1 Å². The van der Waals surface area contributed by atoms with Crippen LogP contribution >= 0.6 is 45.2 Å². The third-order valence-electron chi connectivity index (χ3n) is 7.40. The summed E-state index contributed by atoms with van der Waals surface area (Å²) in [6.45, 7) is 0.937. The maximum Gasteiger partial charge on any atom is 0.148 e. The summed E-state index contributed by atoms with van der Waals surface area (Å²) in [5.74, 6) is 15.2. The van der Waals surface area contributed by atoms with Gasteiger partial charge in [0.1, 0.15) is 11.5 Å². The van der Waals surface area contributed by atoms with Crippen molar-refractivity contribution >= 4 is 45.2 Å². The van der Waals surface area contributed by atoms with E-state index in [1.54, 1.807) is 0 Å². The highest BCUT2D eigenvalue weighted by molar-refractivity contribution is 14.1. The molecule has 2 aliphatic rings. The summed E-state index contributed by atoms with van der Waals surface area (Å²) in [6.07, 6.45) is 9.82. The minimum Gasteiger partial charge on any atom is -0.488 e. The highest BCUT2D eigenvalue weighted by Gasteiger charge is 2.21. The summed E-state index contributed by atoms with van der Waals surface area (Å²) in [7, 11) is 0. The van der Waals surface area contributed by atoms with Crippen LogP contribution in [-0.2, 0) is 13.1 Å². The van der Waals surface area contributed by atoms with Crippen molar-refractivity contribution in [2.24, 2.45) is 11.5 Å². The number of halogens is 2. The predicted molar refractivity (Wildman–Crippen MR) is 178 cm³/mol. The van der Waals surface area contributed by atoms with Gasteiger partial charge >= 0.3 is 0 Å². The molecule has 0 unspecified atom stereocenters. The quantitative estimate of drug-likeness (QED) is 0.206. The second kappa shape index (κ2) is 14.1. The van der Waals surface area contributed by atoms with Gasteiger partial charge < -0.3 is 20.9 Å². The summed E-state index contributed by atoms with van der Waals surface area (Å²) in [4.78, 5) is 0. The molecule has 4 nitrogen and oxygen atoms in total.